The van der Waals surface area contributed by atoms with Gasteiger partial charge in [0.05, 0.1) is 18.4 Å². The molecule has 4 rings (SSSR count). The Kier molecular flexibility index (Phi) is 6.28. The topological polar surface area (TPSA) is 49.9 Å². The number of nitrogens with zero attached hydrogens (tertiary/aromatic N) is 2. The Morgan fingerprint density at radius 3 is 2.19 bits per heavy atom. The number of amides is 2. The molecule has 0 radical (unpaired) electrons. The van der Waals surface area contributed by atoms with E-state index in [-0.39, 0.29) is 11.8 Å². The first kappa shape index (κ1) is 21.7. The summed E-state index contributed by atoms with van der Waals surface area (Å²) >= 11 is 6.02. The van der Waals surface area contributed by atoms with Crippen molar-refractivity contribution in [2.45, 2.75) is 13.5 Å². The fourth-order valence-corrected chi connectivity index (χ4v) is 4.01. The van der Waals surface area contributed by atoms with Gasteiger partial charge in [0.2, 0.25) is 0 Å². The maximum Gasteiger partial charge on any atom is 0.282 e. The molecular formula is C26H23ClN2O3. The molecule has 0 atom stereocenters. The van der Waals surface area contributed by atoms with E-state index in [0.717, 1.165) is 5.56 Å². The zero-order valence-corrected chi connectivity index (χ0v) is 18.7. The SMILES string of the molecule is CCN(Cc1ccccc1)C1=C(c2ccccc2OC)C(=O)N(c2ccc(Cl)cc2)C1=O. The molecule has 3 aromatic rings. The van der Waals surface area contributed by atoms with Crippen LogP contribution in [0.25, 0.3) is 5.57 Å². The number of ether oxygens (including phenoxy) is 1. The number of carbonyl (C=O) groups is 2. The number of anilines is 1. The lowest BCUT2D eigenvalue weighted by atomic mass is 10.0. The van der Waals surface area contributed by atoms with Crippen LogP contribution < -0.4 is 9.64 Å². The van der Waals surface area contributed by atoms with Crippen LogP contribution in [0.4, 0.5) is 5.69 Å². The summed E-state index contributed by atoms with van der Waals surface area (Å²) in [4.78, 5) is 30.5. The highest BCUT2D eigenvalue weighted by Gasteiger charge is 2.43. The Labute approximate surface area is 192 Å². The van der Waals surface area contributed by atoms with Crippen LogP contribution in [0, 0.1) is 0 Å². The molecule has 0 fully saturated rings. The van der Waals surface area contributed by atoms with Gasteiger partial charge in [-0.15, -0.1) is 0 Å². The van der Waals surface area contributed by atoms with Gasteiger partial charge in [-0.25, -0.2) is 4.90 Å². The maximum absolute atomic E-state index is 13.7. The molecular weight excluding hydrogens is 424 g/mol. The lowest BCUT2D eigenvalue weighted by Gasteiger charge is -2.25. The van der Waals surface area contributed by atoms with Gasteiger partial charge in [0.25, 0.3) is 11.8 Å². The van der Waals surface area contributed by atoms with Crippen molar-refractivity contribution in [1.29, 1.82) is 0 Å². The molecule has 0 saturated carbocycles. The molecule has 0 saturated heterocycles. The van der Waals surface area contributed by atoms with Gasteiger partial charge in [0.15, 0.2) is 0 Å². The second-order valence-electron chi connectivity index (χ2n) is 7.35. The third kappa shape index (κ3) is 3.99. The zero-order chi connectivity index (χ0) is 22.7. The smallest absolute Gasteiger partial charge is 0.282 e. The van der Waals surface area contributed by atoms with Crippen LogP contribution in [0.15, 0.2) is 84.6 Å². The molecule has 162 valence electrons. The van der Waals surface area contributed by atoms with Crippen molar-refractivity contribution in [1.82, 2.24) is 4.90 Å². The molecule has 0 aliphatic carbocycles. The van der Waals surface area contributed by atoms with Gasteiger partial charge >= 0.3 is 0 Å². The van der Waals surface area contributed by atoms with Crippen LogP contribution in [0.5, 0.6) is 5.75 Å². The minimum Gasteiger partial charge on any atom is -0.496 e. The van der Waals surface area contributed by atoms with Crippen molar-refractivity contribution in [2.24, 2.45) is 0 Å². The first-order valence-corrected chi connectivity index (χ1v) is 10.7. The fourth-order valence-electron chi connectivity index (χ4n) is 3.88. The third-order valence-corrected chi connectivity index (χ3v) is 5.69. The summed E-state index contributed by atoms with van der Waals surface area (Å²) in [5.74, 6) is -0.214. The molecule has 0 aromatic heterocycles. The van der Waals surface area contributed by atoms with E-state index < -0.39 is 0 Å². The first-order chi connectivity index (χ1) is 15.5. The number of benzene rings is 3. The van der Waals surface area contributed by atoms with Crippen molar-refractivity contribution in [3.8, 4) is 5.75 Å². The molecule has 5 nitrogen and oxygen atoms in total. The second-order valence-corrected chi connectivity index (χ2v) is 7.78. The van der Waals surface area contributed by atoms with Gasteiger partial charge in [-0.2, -0.15) is 0 Å². The van der Waals surface area contributed by atoms with E-state index in [1.807, 2.05) is 54.3 Å². The zero-order valence-electron chi connectivity index (χ0n) is 17.9. The fraction of sp³-hybridized carbons (Fsp3) is 0.154. The molecule has 0 unspecified atom stereocenters. The van der Waals surface area contributed by atoms with E-state index in [1.165, 1.54) is 4.90 Å². The van der Waals surface area contributed by atoms with Crippen molar-refractivity contribution in [3.05, 3.63) is 101 Å². The van der Waals surface area contributed by atoms with Crippen molar-refractivity contribution in [2.75, 3.05) is 18.6 Å². The molecule has 2 amide bonds. The van der Waals surface area contributed by atoms with Crippen LogP contribution in [-0.4, -0.2) is 30.4 Å². The summed E-state index contributed by atoms with van der Waals surface area (Å²) in [6, 6.07) is 23.8. The van der Waals surface area contributed by atoms with Crippen LogP contribution >= 0.6 is 11.6 Å². The van der Waals surface area contributed by atoms with Gasteiger partial charge in [-0.3, -0.25) is 9.59 Å². The lowest BCUT2D eigenvalue weighted by Crippen LogP contribution is -2.35. The van der Waals surface area contributed by atoms with Gasteiger partial charge in [0, 0.05) is 23.7 Å². The lowest BCUT2D eigenvalue weighted by molar-refractivity contribution is -0.120. The monoisotopic (exact) mass is 446 g/mol. The average molecular weight is 447 g/mol. The van der Waals surface area contributed by atoms with Crippen LogP contribution in [0.1, 0.15) is 18.1 Å². The number of halogens is 1. The number of carbonyl (C=O) groups excluding carboxylic acids is 2. The standard InChI is InChI=1S/C26H23ClN2O3/c1-3-28(17-18-9-5-4-6-10-18)24-23(21-11-7-8-12-22(21)32-2)25(30)29(26(24)31)20-15-13-19(27)14-16-20/h4-16H,3,17H2,1-2H3. The molecule has 0 spiro atoms. The van der Waals surface area contributed by atoms with Crippen LogP contribution in [0.3, 0.4) is 0 Å². The Hall–Kier alpha value is -3.57. The number of methoxy groups -OCH3 is 1. The third-order valence-electron chi connectivity index (χ3n) is 5.43. The highest BCUT2D eigenvalue weighted by molar-refractivity contribution is 6.45. The quantitative estimate of drug-likeness (QED) is 0.471. The largest absolute Gasteiger partial charge is 0.496 e. The second kappa shape index (κ2) is 9.28. The van der Waals surface area contributed by atoms with Crippen molar-refractivity contribution >= 4 is 34.7 Å². The summed E-state index contributed by atoms with van der Waals surface area (Å²) in [7, 11) is 1.55. The highest BCUT2D eigenvalue weighted by atomic mass is 35.5. The molecule has 1 heterocycles. The number of hydrogen-bond acceptors (Lipinski definition) is 4. The summed E-state index contributed by atoms with van der Waals surface area (Å²) < 4.78 is 5.53. The molecule has 3 aromatic carbocycles. The normalized spacial score (nSPS) is 13.7. The predicted octanol–water partition coefficient (Wildman–Crippen LogP) is 5.16. The first-order valence-electron chi connectivity index (χ1n) is 10.4. The van der Waals surface area contributed by atoms with E-state index in [0.29, 0.717) is 46.4 Å². The van der Waals surface area contributed by atoms with Gasteiger partial charge in [0.1, 0.15) is 11.4 Å². The Morgan fingerprint density at radius 2 is 1.53 bits per heavy atom. The van der Waals surface area contributed by atoms with E-state index in [2.05, 4.69) is 0 Å². The van der Waals surface area contributed by atoms with E-state index in [1.54, 1.807) is 43.5 Å². The molecule has 6 heteroatoms. The molecule has 1 aliphatic rings. The highest BCUT2D eigenvalue weighted by Crippen LogP contribution is 2.38. The predicted molar refractivity (Wildman–Crippen MR) is 126 cm³/mol. The van der Waals surface area contributed by atoms with Crippen molar-refractivity contribution < 1.29 is 14.3 Å². The van der Waals surface area contributed by atoms with E-state index in [9.17, 15) is 9.59 Å². The van der Waals surface area contributed by atoms with E-state index in [4.69, 9.17) is 16.3 Å². The summed E-state index contributed by atoms with van der Waals surface area (Å²) in [6.45, 7) is 3.02. The molecule has 1 aliphatic heterocycles. The summed E-state index contributed by atoms with van der Waals surface area (Å²) in [5, 5.41) is 0.533. The van der Waals surface area contributed by atoms with Gasteiger partial charge in [-0.1, -0.05) is 60.1 Å². The van der Waals surface area contributed by atoms with E-state index >= 15 is 0 Å². The maximum atomic E-state index is 13.7. The number of likely N-dealkylation sites (N-methyl/N-ethyl adjacent to an activating group) is 1. The number of rotatable bonds is 7. The number of para-hydroxylation sites is 1. The molecule has 0 bridgehead atoms. The van der Waals surface area contributed by atoms with Crippen LogP contribution in [0.2, 0.25) is 5.02 Å². The summed E-state index contributed by atoms with van der Waals surface area (Å²) in [5.41, 5.74) is 2.81. The van der Waals surface area contributed by atoms with Gasteiger partial charge < -0.3 is 9.64 Å². The number of imide groups is 1. The average Bonchev–Trinajstić information content (AvgIpc) is 3.08. The molecule has 0 N–H and O–H groups in total. The minimum absolute atomic E-state index is 0.334. The van der Waals surface area contributed by atoms with Gasteiger partial charge in [-0.05, 0) is 42.8 Å². The van der Waals surface area contributed by atoms with Crippen LogP contribution in [-0.2, 0) is 16.1 Å². The minimum atomic E-state index is -0.386. The summed E-state index contributed by atoms with van der Waals surface area (Å²) in [6.07, 6.45) is 0. The Bertz CT molecular complexity index is 1170. The van der Waals surface area contributed by atoms with Crippen molar-refractivity contribution in [3.63, 3.8) is 0 Å². The molecule has 32 heavy (non-hydrogen) atoms. The Balaban J connectivity index is 1.86. The number of hydrogen-bond donors (Lipinski definition) is 0. The Morgan fingerprint density at radius 1 is 0.875 bits per heavy atom.